The van der Waals surface area contributed by atoms with Crippen molar-refractivity contribution in [1.82, 2.24) is 4.98 Å². The Labute approximate surface area is 121 Å². The molecule has 0 unspecified atom stereocenters. The molecule has 0 spiro atoms. The van der Waals surface area contributed by atoms with Crippen molar-refractivity contribution in [2.45, 2.75) is 13.8 Å². The lowest BCUT2D eigenvalue weighted by atomic mass is 10.1. The predicted octanol–water partition coefficient (Wildman–Crippen LogP) is 3.24. The molecule has 0 bridgehead atoms. The van der Waals surface area contributed by atoms with Crippen LogP contribution in [0.25, 0.3) is 0 Å². The predicted molar refractivity (Wildman–Crippen MR) is 77.7 cm³/mol. The van der Waals surface area contributed by atoms with E-state index in [4.69, 9.17) is 27.3 Å². The van der Waals surface area contributed by atoms with Gasteiger partial charge in [-0.3, -0.25) is 4.98 Å². The van der Waals surface area contributed by atoms with Gasteiger partial charge in [0.15, 0.2) is 5.84 Å². The van der Waals surface area contributed by atoms with Crippen molar-refractivity contribution in [1.29, 1.82) is 0 Å². The summed E-state index contributed by atoms with van der Waals surface area (Å²) in [5.41, 5.74) is 7.56. The van der Waals surface area contributed by atoms with Gasteiger partial charge in [0, 0.05) is 16.8 Å². The van der Waals surface area contributed by atoms with Crippen LogP contribution in [0.3, 0.4) is 0 Å². The Morgan fingerprint density at radius 1 is 1.30 bits per heavy atom. The third-order valence-corrected chi connectivity index (χ3v) is 2.95. The van der Waals surface area contributed by atoms with Crippen LogP contribution in [0.4, 0.5) is 0 Å². The van der Waals surface area contributed by atoms with E-state index in [1.165, 1.54) is 0 Å². The monoisotopic (exact) mass is 291 g/mol. The van der Waals surface area contributed by atoms with Gasteiger partial charge in [0.25, 0.3) is 0 Å². The second kappa shape index (κ2) is 5.79. The third kappa shape index (κ3) is 3.00. The SMILES string of the molecule is Cc1cc(Oc2ccc(Cl)cc2)c(/C(N)=N/O)c(C)n1. The summed E-state index contributed by atoms with van der Waals surface area (Å²) >= 11 is 5.83. The van der Waals surface area contributed by atoms with Gasteiger partial charge in [-0.2, -0.15) is 0 Å². The second-order valence-electron chi connectivity index (χ2n) is 4.26. The number of hydrogen-bond donors (Lipinski definition) is 2. The Balaban J connectivity index is 2.47. The molecule has 2 rings (SSSR count). The Kier molecular flexibility index (Phi) is 4.10. The van der Waals surface area contributed by atoms with Crippen LogP contribution in [0.15, 0.2) is 35.5 Å². The fourth-order valence-corrected chi connectivity index (χ4v) is 1.99. The normalized spacial score (nSPS) is 11.4. The van der Waals surface area contributed by atoms with Crippen LogP contribution in [0.2, 0.25) is 5.02 Å². The molecule has 1 aromatic heterocycles. The largest absolute Gasteiger partial charge is 0.456 e. The van der Waals surface area contributed by atoms with Gasteiger partial charge in [-0.05, 0) is 38.1 Å². The summed E-state index contributed by atoms with van der Waals surface area (Å²) < 4.78 is 5.78. The number of nitrogens with two attached hydrogens (primary N) is 1. The van der Waals surface area contributed by atoms with Gasteiger partial charge in [0.05, 0.1) is 11.3 Å². The van der Waals surface area contributed by atoms with Gasteiger partial charge in [-0.25, -0.2) is 0 Å². The van der Waals surface area contributed by atoms with Gasteiger partial charge in [0.1, 0.15) is 11.5 Å². The van der Waals surface area contributed by atoms with Crippen LogP contribution < -0.4 is 10.5 Å². The van der Waals surface area contributed by atoms with Crippen LogP contribution in [-0.4, -0.2) is 16.0 Å². The summed E-state index contributed by atoms with van der Waals surface area (Å²) in [6.45, 7) is 3.62. The highest BCUT2D eigenvalue weighted by molar-refractivity contribution is 6.30. The molecule has 0 fully saturated rings. The van der Waals surface area contributed by atoms with Crippen LogP contribution in [-0.2, 0) is 0 Å². The minimum Gasteiger partial charge on any atom is -0.456 e. The van der Waals surface area contributed by atoms with Crippen molar-refractivity contribution in [3.63, 3.8) is 0 Å². The van der Waals surface area contributed by atoms with Crippen LogP contribution in [0.5, 0.6) is 11.5 Å². The van der Waals surface area contributed by atoms with Crippen molar-refractivity contribution >= 4 is 17.4 Å². The average Bonchev–Trinajstić information content (AvgIpc) is 2.40. The number of benzene rings is 1. The Morgan fingerprint density at radius 3 is 2.55 bits per heavy atom. The van der Waals surface area contributed by atoms with E-state index < -0.39 is 0 Å². The fraction of sp³-hybridized carbons (Fsp3) is 0.143. The molecule has 3 N–H and O–H groups in total. The Hall–Kier alpha value is -2.27. The maximum Gasteiger partial charge on any atom is 0.175 e. The standard InChI is InChI=1S/C14H14ClN3O2/c1-8-7-12(13(9(2)17-8)14(16)18-19)20-11-5-3-10(15)4-6-11/h3-7,19H,1-2H3,(H2,16,18). The summed E-state index contributed by atoms with van der Waals surface area (Å²) in [7, 11) is 0. The number of ether oxygens (including phenoxy) is 1. The molecule has 0 aliphatic carbocycles. The number of rotatable bonds is 3. The topological polar surface area (TPSA) is 80.7 Å². The Morgan fingerprint density at radius 2 is 1.95 bits per heavy atom. The zero-order chi connectivity index (χ0) is 14.7. The first-order chi connectivity index (χ1) is 9.51. The molecular formula is C14H14ClN3O2. The van der Waals surface area contributed by atoms with E-state index in [9.17, 15) is 0 Å². The molecule has 0 amide bonds. The highest BCUT2D eigenvalue weighted by Crippen LogP contribution is 2.28. The van der Waals surface area contributed by atoms with Crippen molar-refractivity contribution in [2.24, 2.45) is 10.9 Å². The highest BCUT2D eigenvalue weighted by atomic mass is 35.5. The first kappa shape index (κ1) is 14.1. The smallest absolute Gasteiger partial charge is 0.175 e. The van der Waals surface area contributed by atoms with Gasteiger partial charge in [-0.1, -0.05) is 16.8 Å². The van der Waals surface area contributed by atoms with Crippen molar-refractivity contribution in [3.05, 3.63) is 52.3 Å². The molecule has 0 aliphatic rings. The lowest BCUT2D eigenvalue weighted by molar-refractivity contribution is 0.318. The molecule has 1 heterocycles. The molecule has 0 saturated heterocycles. The lowest BCUT2D eigenvalue weighted by Gasteiger charge is -2.13. The minimum absolute atomic E-state index is 0.0426. The number of oxime groups is 1. The zero-order valence-electron chi connectivity index (χ0n) is 11.1. The molecule has 0 saturated carbocycles. The van der Waals surface area contributed by atoms with E-state index in [0.717, 1.165) is 5.69 Å². The summed E-state index contributed by atoms with van der Waals surface area (Å²) in [6.07, 6.45) is 0. The summed E-state index contributed by atoms with van der Waals surface area (Å²) in [5, 5.41) is 12.5. The third-order valence-electron chi connectivity index (χ3n) is 2.70. The summed E-state index contributed by atoms with van der Waals surface area (Å²) in [6, 6.07) is 8.66. The molecule has 104 valence electrons. The summed E-state index contributed by atoms with van der Waals surface area (Å²) in [5.74, 6) is 1.04. The number of nitrogens with zero attached hydrogens (tertiary/aromatic N) is 2. The van der Waals surface area contributed by atoms with Crippen molar-refractivity contribution < 1.29 is 9.94 Å². The maximum atomic E-state index is 8.87. The van der Waals surface area contributed by atoms with Crippen LogP contribution in [0.1, 0.15) is 17.0 Å². The highest BCUT2D eigenvalue weighted by Gasteiger charge is 2.15. The van der Waals surface area contributed by atoms with Gasteiger partial charge in [0.2, 0.25) is 0 Å². The summed E-state index contributed by atoms with van der Waals surface area (Å²) in [4.78, 5) is 4.29. The Bertz CT molecular complexity index is 654. The lowest BCUT2D eigenvalue weighted by Crippen LogP contribution is -2.17. The molecule has 6 heteroatoms. The molecule has 0 radical (unpaired) electrons. The number of aromatic nitrogens is 1. The second-order valence-corrected chi connectivity index (χ2v) is 4.70. The molecule has 0 aliphatic heterocycles. The van der Waals surface area contributed by atoms with Gasteiger partial charge in [-0.15, -0.1) is 0 Å². The van der Waals surface area contributed by atoms with E-state index in [2.05, 4.69) is 10.1 Å². The number of halogens is 1. The quantitative estimate of drug-likeness (QED) is 0.394. The van der Waals surface area contributed by atoms with Crippen LogP contribution in [0, 0.1) is 13.8 Å². The molecule has 20 heavy (non-hydrogen) atoms. The van der Waals surface area contributed by atoms with E-state index in [0.29, 0.717) is 27.8 Å². The van der Waals surface area contributed by atoms with Gasteiger partial charge < -0.3 is 15.7 Å². The number of hydrogen-bond acceptors (Lipinski definition) is 4. The number of aryl methyl sites for hydroxylation is 2. The number of pyridine rings is 1. The molecule has 1 aromatic carbocycles. The minimum atomic E-state index is -0.0426. The van der Waals surface area contributed by atoms with Crippen molar-refractivity contribution in [2.75, 3.05) is 0 Å². The number of amidine groups is 1. The fourth-order valence-electron chi connectivity index (χ4n) is 1.86. The van der Waals surface area contributed by atoms with E-state index in [-0.39, 0.29) is 5.84 Å². The molecule has 5 nitrogen and oxygen atoms in total. The molecular weight excluding hydrogens is 278 g/mol. The van der Waals surface area contributed by atoms with Crippen molar-refractivity contribution in [3.8, 4) is 11.5 Å². The van der Waals surface area contributed by atoms with E-state index in [1.807, 2.05) is 6.92 Å². The first-order valence-electron chi connectivity index (χ1n) is 5.91. The van der Waals surface area contributed by atoms with E-state index in [1.54, 1.807) is 37.3 Å². The molecule has 0 atom stereocenters. The maximum absolute atomic E-state index is 8.87. The van der Waals surface area contributed by atoms with E-state index >= 15 is 0 Å². The average molecular weight is 292 g/mol. The molecule has 2 aromatic rings. The van der Waals surface area contributed by atoms with Crippen LogP contribution >= 0.6 is 11.6 Å². The van der Waals surface area contributed by atoms with Gasteiger partial charge >= 0.3 is 0 Å². The zero-order valence-corrected chi connectivity index (χ0v) is 11.8. The first-order valence-corrected chi connectivity index (χ1v) is 6.28.